The molecule has 0 unspecified atom stereocenters. The lowest BCUT2D eigenvalue weighted by atomic mass is 10.0. The lowest BCUT2D eigenvalue weighted by Crippen LogP contribution is -2.43. The topological polar surface area (TPSA) is 87.3 Å². The van der Waals surface area contributed by atoms with Crippen molar-refractivity contribution in [3.05, 3.63) is 62.3 Å². The van der Waals surface area contributed by atoms with E-state index in [9.17, 15) is 14.0 Å². The van der Waals surface area contributed by atoms with Crippen molar-refractivity contribution in [3.63, 3.8) is 0 Å². The number of thioether (sulfide) groups is 1. The number of carbonyl (C=O) groups excluding carboxylic acids is 1. The average Bonchev–Trinajstić information content (AvgIpc) is 3.45. The van der Waals surface area contributed by atoms with Crippen LogP contribution >= 0.6 is 23.1 Å². The first-order valence-corrected chi connectivity index (χ1v) is 14.0. The lowest BCUT2D eigenvalue weighted by molar-refractivity contribution is -0.121. The van der Waals surface area contributed by atoms with Gasteiger partial charge in [-0.2, -0.15) is 11.8 Å². The quantitative estimate of drug-likeness (QED) is 0.424. The van der Waals surface area contributed by atoms with E-state index in [-0.39, 0.29) is 23.3 Å². The molecule has 7 nitrogen and oxygen atoms in total. The molecule has 0 spiro atoms. The maximum Gasteiger partial charge on any atom is 0.259 e. The third kappa shape index (κ3) is 5.77. The molecule has 1 aliphatic heterocycles. The molecule has 3 heterocycles. The number of ether oxygens (including phenoxy) is 1. The molecule has 1 saturated heterocycles. The molecule has 0 radical (unpaired) electrons. The number of fused-ring (bicyclic) bond motifs is 3. The van der Waals surface area contributed by atoms with Crippen LogP contribution in [0.15, 0.2) is 29.1 Å². The van der Waals surface area contributed by atoms with Gasteiger partial charge in [0.25, 0.3) is 5.56 Å². The molecule has 5 rings (SSSR count). The highest BCUT2D eigenvalue weighted by atomic mass is 32.2. The summed E-state index contributed by atoms with van der Waals surface area (Å²) in [6.07, 6.45) is 3.51. The van der Waals surface area contributed by atoms with E-state index in [0.717, 1.165) is 48.1 Å². The molecule has 3 aromatic rings. The summed E-state index contributed by atoms with van der Waals surface area (Å²) in [6.45, 7) is 3.31. The molecule has 1 amide bonds. The number of aryl methyl sites for hydroxylation is 2. The monoisotopic (exact) mass is 516 g/mol. The maximum atomic E-state index is 13.4. The molecular formula is C25H29FN4O3S2. The number of hydrogen-bond acceptors (Lipinski definition) is 7. The molecule has 186 valence electrons. The predicted octanol–water partition coefficient (Wildman–Crippen LogP) is 3.43. The Kier molecular flexibility index (Phi) is 7.81. The number of amides is 1. The molecule has 2 aliphatic rings. The minimum Gasteiger partial charge on any atom is -0.379 e. The fraction of sp³-hybridized carbons (Fsp3) is 0.480. The maximum absolute atomic E-state index is 13.4. The fourth-order valence-corrected chi connectivity index (χ4v) is 6.86. The van der Waals surface area contributed by atoms with Crippen LogP contribution in [0, 0.1) is 5.82 Å². The lowest BCUT2D eigenvalue weighted by Gasteiger charge is -2.35. The van der Waals surface area contributed by atoms with Gasteiger partial charge in [0.2, 0.25) is 5.91 Å². The molecule has 0 bridgehead atoms. The van der Waals surface area contributed by atoms with Gasteiger partial charge in [-0.25, -0.2) is 9.37 Å². The number of thiophene rings is 1. The Morgan fingerprint density at radius 1 is 1.26 bits per heavy atom. The number of benzene rings is 1. The number of halogens is 1. The van der Waals surface area contributed by atoms with Crippen LogP contribution in [-0.2, 0) is 28.1 Å². The van der Waals surface area contributed by atoms with Gasteiger partial charge in [0, 0.05) is 36.7 Å². The first kappa shape index (κ1) is 24.4. The summed E-state index contributed by atoms with van der Waals surface area (Å²) >= 11 is 3.23. The molecule has 2 aromatic heterocycles. The number of hydrogen-bond donors (Lipinski definition) is 2. The minimum atomic E-state index is -0.270. The van der Waals surface area contributed by atoms with Crippen molar-refractivity contribution in [3.8, 4) is 0 Å². The highest BCUT2D eigenvalue weighted by Gasteiger charge is 2.24. The Labute approximate surface area is 211 Å². The average molecular weight is 517 g/mol. The Morgan fingerprint density at radius 3 is 2.86 bits per heavy atom. The van der Waals surface area contributed by atoms with Crippen molar-refractivity contribution in [2.24, 2.45) is 0 Å². The number of aromatic amines is 1. The number of carbonyl (C=O) groups is 1. The number of rotatable bonds is 9. The van der Waals surface area contributed by atoms with Crippen molar-refractivity contribution < 1.29 is 13.9 Å². The largest absolute Gasteiger partial charge is 0.379 e. The number of morpholine rings is 1. The van der Waals surface area contributed by atoms with Crippen molar-refractivity contribution in [1.29, 1.82) is 0 Å². The van der Waals surface area contributed by atoms with Crippen molar-refractivity contribution >= 4 is 39.2 Å². The zero-order valence-electron chi connectivity index (χ0n) is 19.5. The normalized spacial score (nSPS) is 16.9. The molecule has 0 saturated carbocycles. The van der Waals surface area contributed by atoms with E-state index in [4.69, 9.17) is 4.74 Å². The highest BCUT2D eigenvalue weighted by molar-refractivity contribution is 7.98. The second-order valence-corrected chi connectivity index (χ2v) is 11.1. The number of H-pyrrole nitrogens is 1. The Hall–Kier alpha value is -2.27. The van der Waals surface area contributed by atoms with Gasteiger partial charge >= 0.3 is 0 Å². The van der Waals surface area contributed by atoms with E-state index in [0.29, 0.717) is 43.5 Å². The van der Waals surface area contributed by atoms with Gasteiger partial charge in [0.05, 0.1) is 30.4 Å². The van der Waals surface area contributed by atoms with Crippen LogP contribution in [-0.4, -0.2) is 59.4 Å². The Morgan fingerprint density at radius 2 is 2.06 bits per heavy atom. The predicted molar refractivity (Wildman–Crippen MR) is 138 cm³/mol. The van der Waals surface area contributed by atoms with Crippen molar-refractivity contribution in [2.75, 3.05) is 38.6 Å². The molecule has 2 N–H and O–H groups in total. The van der Waals surface area contributed by atoms with E-state index < -0.39 is 0 Å². The van der Waals surface area contributed by atoms with E-state index in [2.05, 4.69) is 20.2 Å². The summed E-state index contributed by atoms with van der Waals surface area (Å²) in [5.74, 6) is 1.56. The first-order chi connectivity index (χ1) is 17.1. The molecular weight excluding hydrogens is 487 g/mol. The summed E-state index contributed by atoms with van der Waals surface area (Å²) < 4.78 is 18.9. The first-order valence-electron chi connectivity index (χ1n) is 12.0. The highest BCUT2D eigenvalue weighted by Crippen LogP contribution is 2.34. The van der Waals surface area contributed by atoms with Gasteiger partial charge < -0.3 is 15.0 Å². The van der Waals surface area contributed by atoms with Crippen LogP contribution < -0.4 is 10.9 Å². The number of aromatic nitrogens is 2. The summed E-state index contributed by atoms with van der Waals surface area (Å²) in [5, 5.41) is 3.82. The molecule has 10 heteroatoms. The summed E-state index contributed by atoms with van der Waals surface area (Å²) in [7, 11) is 0. The third-order valence-corrected chi connectivity index (χ3v) is 8.73. The van der Waals surface area contributed by atoms with E-state index >= 15 is 0 Å². The van der Waals surface area contributed by atoms with Gasteiger partial charge in [0.15, 0.2) is 0 Å². The summed E-state index contributed by atoms with van der Waals surface area (Å²) in [4.78, 5) is 37.1. The molecule has 1 aliphatic carbocycles. The van der Waals surface area contributed by atoms with Crippen LogP contribution in [0.25, 0.3) is 10.2 Å². The second-order valence-electron chi connectivity index (χ2n) is 8.87. The van der Waals surface area contributed by atoms with Crippen LogP contribution in [0.3, 0.4) is 0 Å². The third-order valence-electron chi connectivity index (χ3n) is 6.57. The van der Waals surface area contributed by atoms with Gasteiger partial charge in [-0.1, -0.05) is 12.1 Å². The SMILES string of the molecule is O=C(CCSCc1nc2sc3c(c2c(=O)[nH]1)CCC3)NC[C@H](c1ccc(F)cc1)N1CCOCC1. The van der Waals surface area contributed by atoms with Gasteiger partial charge in [-0.05, 0) is 42.5 Å². The van der Waals surface area contributed by atoms with E-state index in [1.165, 1.54) is 22.6 Å². The fourth-order valence-electron chi connectivity index (χ4n) is 4.78. The van der Waals surface area contributed by atoms with Crippen molar-refractivity contribution in [2.45, 2.75) is 37.5 Å². The van der Waals surface area contributed by atoms with Gasteiger partial charge in [0.1, 0.15) is 16.5 Å². The Balaban J connectivity index is 1.12. The van der Waals surface area contributed by atoms with Gasteiger partial charge in [-0.3, -0.25) is 14.5 Å². The zero-order chi connectivity index (χ0) is 24.2. The van der Waals surface area contributed by atoms with Crippen LogP contribution in [0.2, 0.25) is 0 Å². The zero-order valence-corrected chi connectivity index (χ0v) is 21.1. The van der Waals surface area contributed by atoms with Crippen LogP contribution in [0.1, 0.15) is 40.7 Å². The standard InChI is InChI=1S/C25H29FN4O3S2/c26-17-6-4-16(5-7-17)19(30-9-11-33-12-10-30)14-27-22(31)8-13-34-15-21-28-24(32)23-18-2-1-3-20(18)35-25(23)29-21/h4-7,19H,1-3,8-15H2,(H,27,31)(H,28,29,32)/t19-/m1/s1. The smallest absolute Gasteiger partial charge is 0.259 e. The van der Waals surface area contributed by atoms with E-state index in [1.807, 2.05) is 0 Å². The second kappa shape index (κ2) is 11.2. The minimum absolute atomic E-state index is 0.0236. The molecule has 1 aromatic carbocycles. The molecule has 35 heavy (non-hydrogen) atoms. The summed E-state index contributed by atoms with van der Waals surface area (Å²) in [6, 6.07) is 6.46. The molecule has 1 fully saturated rings. The number of nitrogens with zero attached hydrogens (tertiary/aromatic N) is 2. The molecule has 1 atom stereocenters. The van der Waals surface area contributed by atoms with Crippen LogP contribution in [0.4, 0.5) is 4.39 Å². The van der Waals surface area contributed by atoms with Crippen molar-refractivity contribution in [1.82, 2.24) is 20.2 Å². The van der Waals surface area contributed by atoms with Gasteiger partial charge in [-0.15, -0.1) is 11.3 Å². The Bertz CT molecular complexity index is 1240. The van der Waals surface area contributed by atoms with E-state index in [1.54, 1.807) is 35.2 Å². The van der Waals surface area contributed by atoms with Crippen LogP contribution in [0.5, 0.6) is 0 Å². The number of nitrogens with one attached hydrogen (secondary N) is 2. The summed E-state index contributed by atoms with van der Waals surface area (Å²) in [5.41, 5.74) is 2.12.